The maximum absolute atomic E-state index is 13.3. The fourth-order valence-electron chi connectivity index (χ4n) is 5.20. The molecule has 0 aromatic carbocycles. The number of amides is 1. The van der Waals surface area contributed by atoms with E-state index in [1.165, 1.54) is 45.2 Å². The van der Waals surface area contributed by atoms with Crippen molar-refractivity contribution in [2.24, 2.45) is 11.8 Å². The molecule has 2 saturated heterocycles. The summed E-state index contributed by atoms with van der Waals surface area (Å²) in [5.74, 6) is 0.763. The van der Waals surface area contributed by atoms with Crippen LogP contribution in [0.4, 0.5) is 0 Å². The van der Waals surface area contributed by atoms with Gasteiger partial charge in [-0.25, -0.2) is 0 Å². The predicted molar refractivity (Wildman–Crippen MR) is 114 cm³/mol. The summed E-state index contributed by atoms with van der Waals surface area (Å²) in [6, 6.07) is 2.59. The van der Waals surface area contributed by atoms with Gasteiger partial charge in [-0.15, -0.1) is 0 Å². The first-order valence-electron chi connectivity index (χ1n) is 11.0. The fourth-order valence-corrected chi connectivity index (χ4v) is 5.20. The van der Waals surface area contributed by atoms with E-state index in [4.69, 9.17) is 0 Å². The highest BCUT2D eigenvalue weighted by molar-refractivity contribution is 5.95. The van der Waals surface area contributed by atoms with Crippen LogP contribution in [0.15, 0.2) is 10.9 Å². The molecular weight excluding hydrogens is 350 g/mol. The van der Waals surface area contributed by atoms with Gasteiger partial charge in [-0.05, 0) is 76.1 Å². The Morgan fingerprint density at radius 3 is 2.61 bits per heavy atom. The van der Waals surface area contributed by atoms with Crippen LogP contribution in [-0.4, -0.2) is 53.0 Å². The van der Waals surface area contributed by atoms with Gasteiger partial charge in [-0.2, -0.15) is 0 Å². The number of carbonyl (C=O) groups excluding carboxylic acids is 1. The summed E-state index contributed by atoms with van der Waals surface area (Å²) in [5, 5.41) is 0. The van der Waals surface area contributed by atoms with Crippen molar-refractivity contribution in [3.05, 3.63) is 33.2 Å². The number of aryl methyl sites for hydroxylation is 2. The molecule has 1 aromatic heterocycles. The molecule has 0 N–H and O–H groups in total. The minimum absolute atomic E-state index is 0.118. The summed E-state index contributed by atoms with van der Waals surface area (Å²) in [6.45, 7) is 11.8. The predicted octanol–water partition coefficient (Wildman–Crippen LogP) is 3.46. The molecule has 0 saturated carbocycles. The molecule has 0 bridgehead atoms. The molecule has 3 rings (SSSR count). The van der Waals surface area contributed by atoms with Gasteiger partial charge in [0.1, 0.15) is 5.56 Å². The second-order valence-electron chi connectivity index (χ2n) is 9.34. The third-order valence-electron chi connectivity index (χ3n) is 6.55. The zero-order valence-corrected chi connectivity index (χ0v) is 18.3. The van der Waals surface area contributed by atoms with Gasteiger partial charge in [0, 0.05) is 31.9 Å². The average molecular weight is 388 g/mol. The molecular formula is C23H37N3O2. The molecule has 3 heterocycles. The lowest BCUT2D eigenvalue weighted by Gasteiger charge is -2.45. The number of nitrogens with zero attached hydrogens (tertiary/aromatic N) is 3. The highest BCUT2D eigenvalue weighted by atomic mass is 16.2. The van der Waals surface area contributed by atoms with E-state index < -0.39 is 0 Å². The van der Waals surface area contributed by atoms with Crippen molar-refractivity contribution in [2.45, 2.75) is 72.4 Å². The van der Waals surface area contributed by atoms with Gasteiger partial charge < -0.3 is 14.4 Å². The van der Waals surface area contributed by atoms with Gasteiger partial charge >= 0.3 is 0 Å². The maximum atomic E-state index is 13.3. The number of pyridine rings is 1. The van der Waals surface area contributed by atoms with Crippen molar-refractivity contribution < 1.29 is 4.79 Å². The summed E-state index contributed by atoms with van der Waals surface area (Å²) >= 11 is 0. The molecule has 2 aliphatic heterocycles. The molecule has 156 valence electrons. The van der Waals surface area contributed by atoms with Crippen LogP contribution in [0.25, 0.3) is 0 Å². The lowest BCUT2D eigenvalue weighted by atomic mass is 9.83. The molecule has 1 amide bonds. The Morgan fingerprint density at radius 2 is 1.89 bits per heavy atom. The van der Waals surface area contributed by atoms with Crippen molar-refractivity contribution in [3.63, 3.8) is 0 Å². The molecule has 0 radical (unpaired) electrons. The first-order valence-corrected chi connectivity index (χ1v) is 11.0. The summed E-state index contributed by atoms with van der Waals surface area (Å²) in [4.78, 5) is 30.8. The number of carbonyl (C=O) groups is 1. The summed E-state index contributed by atoms with van der Waals surface area (Å²) in [7, 11) is 1.87. The average Bonchev–Trinajstić information content (AvgIpc) is 2.65. The van der Waals surface area contributed by atoms with Crippen LogP contribution < -0.4 is 5.56 Å². The molecule has 2 fully saturated rings. The molecule has 2 atom stereocenters. The van der Waals surface area contributed by atoms with E-state index in [-0.39, 0.29) is 11.5 Å². The van der Waals surface area contributed by atoms with E-state index in [9.17, 15) is 9.59 Å². The number of hydrogen-bond acceptors (Lipinski definition) is 3. The smallest absolute Gasteiger partial charge is 0.263 e. The normalized spacial score (nSPS) is 22.9. The van der Waals surface area contributed by atoms with Gasteiger partial charge in [0.05, 0.1) is 0 Å². The fraction of sp³-hybridized carbons (Fsp3) is 0.739. The summed E-state index contributed by atoms with van der Waals surface area (Å²) in [6.07, 6.45) is 6.25. The van der Waals surface area contributed by atoms with E-state index in [1.807, 2.05) is 31.9 Å². The standard InChI is InChI=1S/C23H37N3O2/c1-16(2)14-26-18(4)13-17(3)21(23(26)28)22(27)24(5)15-19-9-8-12-25-11-7-6-10-20(19)25/h13,16,19-20H,6-12,14-15H2,1-5H3/t19-,20+/m0/s1. The first kappa shape index (κ1) is 21.1. The first-order chi connectivity index (χ1) is 13.3. The van der Waals surface area contributed by atoms with Crippen LogP contribution in [0.3, 0.4) is 0 Å². The maximum Gasteiger partial charge on any atom is 0.263 e. The van der Waals surface area contributed by atoms with Crippen LogP contribution >= 0.6 is 0 Å². The van der Waals surface area contributed by atoms with E-state index >= 15 is 0 Å². The van der Waals surface area contributed by atoms with Crippen molar-refractivity contribution in [3.8, 4) is 0 Å². The Bertz CT molecular complexity index is 766. The van der Waals surface area contributed by atoms with E-state index in [2.05, 4.69) is 18.7 Å². The van der Waals surface area contributed by atoms with Crippen LogP contribution in [0.5, 0.6) is 0 Å². The van der Waals surface area contributed by atoms with Crippen molar-refractivity contribution in [1.29, 1.82) is 0 Å². The van der Waals surface area contributed by atoms with Gasteiger partial charge in [0.15, 0.2) is 0 Å². The summed E-state index contributed by atoms with van der Waals surface area (Å²) in [5.41, 5.74) is 1.94. The molecule has 1 aromatic rings. The van der Waals surface area contributed by atoms with Crippen molar-refractivity contribution >= 4 is 5.91 Å². The molecule has 0 unspecified atom stereocenters. The largest absolute Gasteiger partial charge is 0.341 e. The summed E-state index contributed by atoms with van der Waals surface area (Å²) < 4.78 is 1.77. The second kappa shape index (κ2) is 8.81. The Balaban J connectivity index is 1.80. The highest BCUT2D eigenvalue weighted by Gasteiger charge is 2.34. The van der Waals surface area contributed by atoms with Crippen molar-refractivity contribution in [1.82, 2.24) is 14.4 Å². The zero-order chi connectivity index (χ0) is 20.4. The van der Waals surface area contributed by atoms with Crippen LogP contribution in [-0.2, 0) is 6.54 Å². The van der Waals surface area contributed by atoms with Crippen LogP contribution in [0.1, 0.15) is 67.6 Å². The van der Waals surface area contributed by atoms with Gasteiger partial charge in [0.2, 0.25) is 0 Å². The molecule has 2 aliphatic rings. The Kier molecular flexibility index (Phi) is 6.64. The molecule has 5 nitrogen and oxygen atoms in total. The Hall–Kier alpha value is -1.62. The molecule has 28 heavy (non-hydrogen) atoms. The lowest BCUT2D eigenvalue weighted by Crippen LogP contribution is -2.51. The minimum Gasteiger partial charge on any atom is -0.341 e. The molecule has 5 heteroatoms. The number of fused-ring (bicyclic) bond motifs is 1. The van der Waals surface area contributed by atoms with E-state index in [0.717, 1.165) is 17.8 Å². The lowest BCUT2D eigenvalue weighted by molar-refractivity contribution is 0.0402. The van der Waals surface area contributed by atoms with Crippen molar-refractivity contribution in [2.75, 3.05) is 26.7 Å². The van der Waals surface area contributed by atoms with E-state index in [1.54, 1.807) is 4.57 Å². The van der Waals surface area contributed by atoms with E-state index in [0.29, 0.717) is 30.0 Å². The third kappa shape index (κ3) is 4.35. The molecule has 0 aliphatic carbocycles. The zero-order valence-electron chi connectivity index (χ0n) is 18.3. The highest BCUT2D eigenvalue weighted by Crippen LogP contribution is 2.31. The number of hydrogen-bond donors (Lipinski definition) is 0. The number of piperidine rings is 2. The SMILES string of the molecule is Cc1cc(C)n(CC(C)C)c(=O)c1C(=O)N(C)C[C@@H]1CCCN2CCCC[C@H]12. The number of rotatable bonds is 5. The molecule has 0 spiro atoms. The topological polar surface area (TPSA) is 45.6 Å². The van der Waals surface area contributed by atoms with Crippen LogP contribution in [0, 0.1) is 25.7 Å². The number of aromatic nitrogens is 1. The van der Waals surface area contributed by atoms with Gasteiger partial charge in [-0.1, -0.05) is 20.3 Å². The Morgan fingerprint density at radius 1 is 1.18 bits per heavy atom. The van der Waals surface area contributed by atoms with Gasteiger partial charge in [-0.3, -0.25) is 9.59 Å². The Labute approximate surface area is 169 Å². The minimum atomic E-state index is -0.133. The third-order valence-corrected chi connectivity index (χ3v) is 6.55. The monoisotopic (exact) mass is 387 g/mol. The van der Waals surface area contributed by atoms with Gasteiger partial charge in [0.25, 0.3) is 11.5 Å². The second-order valence-corrected chi connectivity index (χ2v) is 9.34. The van der Waals surface area contributed by atoms with Crippen LogP contribution in [0.2, 0.25) is 0 Å². The quantitative estimate of drug-likeness (QED) is 0.777.